The van der Waals surface area contributed by atoms with E-state index in [1.807, 2.05) is 65.6 Å². The lowest BCUT2D eigenvalue weighted by atomic mass is 10.2. The van der Waals surface area contributed by atoms with Crippen molar-refractivity contribution >= 4 is 28.5 Å². The summed E-state index contributed by atoms with van der Waals surface area (Å²) < 4.78 is 1.78. The summed E-state index contributed by atoms with van der Waals surface area (Å²) >= 11 is 0. The number of rotatable bonds is 6. The minimum absolute atomic E-state index is 0.000107. The number of H-pyrrole nitrogens is 1. The van der Waals surface area contributed by atoms with Gasteiger partial charge >= 0.3 is 0 Å². The van der Waals surface area contributed by atoms with Gasteiger partial charge in [-0.1, -0.05) is 48.5 Å². The van der Waals surface area contributed by atoms with Gasteiger partial charge in [0, 0.05) is 43.1 Å². The van der Waals surface area contributed by atoms with Crippen molar-refractivity contribution in [2.45, 2.75) is 6.54 Å². The average molecular weight is 443 g/mol. The Balaban J connectivity index is 1.13. The van der Waals surface area contributed by atoms with E-state index in [1.165, 1.54) is 0 Å². The number of carbonyl (C=O) groups excluding carboxylic acids is 2. The van der Waals surface area contributed by atoms with E-state index in [9.17, 15) is 9.59 Å². The van der Waals surface area contributed by atoms with Gasteiger partial charge in [-0.05, 0) is 17.7 Å². The molecule has 0 radical (unpaired) electrons. The number of para-hydroxylation sites is 1. The molecule has 0 saturated carbocycles. The van der Waals surface area contributed by atoms with Gasteiger partial charge in [-0.2, -0.15) is 5.10 Å². The summed E-state index contributed by atoms with van der Waals surface area (Å²) in [7, 11) is 0. The zero-order chi connectivity index (χ0) is 22.6. The van der Waals surface area contributed by atoms with Gasteiger partial charge in [-0.15, -0.1) is 0 Å². The zero-order valence-electron chi connectivity index (χ0n) is 18.3. The number of hydrogen-bond donors (Lipinski definition) is 2. The maximum atomic E-state index is 12.9. The standard InChI is InChI=1S/C25H26N6O2/c32-24(28-23-10-11-26-31(23)17-19-6-2-1-3-7-19)18-29-12-14-30(15-13-29)25(33)22-16-20-8-4-5-9-21(20)27-22/h1-11,16,27H,12-15,17-18H2,(H,28,32). The van der Waals surface area contributed by atoms with Crippen LogP contribution in [0.4, 0.5) is 5.82 Å². The molecule has 3 heterocycles. The Morgan fingerprint density at radius 1 is 0.939 bits per heavy atom. The first kappa shape index (κ1) is 21.0. The Labute approximate surface area is 191 Å². The zero-order valence-corrected chi connectivity index (χ0v) is 18.3. The molecule has 168 valence electrons. The molecule has 0 bridgehead atoms. The maximum absolute atomic E-state index is 12.9. The molecule has 1 fully saturated rings. The number of amides is 2. The first-order valence-corrected chi connectivity index (χ1v) is 11.1. The van der Waals surface area contributed by atoms with Crippen molar-refractivity contribution in [1.29, 1.82) is 0 Å². The lowest BCUT2D eigenvalue weighted by Crippen LogP contribution is -2.50. The van der Waals surface area contributed by atoms with Gasteiger partial charge in [0.05, 0.1) is 19.3 Å². The van der Waals surface area contributed by atoms with Crippen LogP contribution >= 0.6 is 0 Å². The number of nitrogens with zero attached hydrogens (tertiary/aromatic N) is 4. The summed E-state index contributed by atoms with van der Waals surface area (Å²) in [6.45, 7) is 3.37. The van der Waals surface area contributed by atoms with E-state index in [0.29, 0.717) is 44.2 Å². The van der Waals surface area contributed by atoms with Crippen LogP contribution in [0.5, 0.6) is 0 Å². The molecule has 33 heavy (non-hydrogen) atoms. The monoisotopic (exact) mass is 442 g/mol. The fraction of sp³-hybridized carbons (Fsp3) is 0.240. The van der Waals surface area contributed by atoms with Crippen molar-refractivity contribution in [3.8, 4) is 0 Å². The molecule has 0 atom stereocenters. The lowest BCUT2D eigenvalue weighted by Gasteiger charge is -2.34. The fourth-order valence-corrected chi connectivity index (χ4v) is 4.17. The molecule has 2 amide bonds. The molecule has 1 aliphatic rings. The summed E-state index contributed by atoms with van der Waals surface area (Å²) in [6.07, 6.45) is 1.69. The maximum Gasteiger partial charge on any atom is 0.270 e. The van der Waals surface area contributed by atoms with Crippen LogP contribution in [-0.4, -0.2) is 69.1 Å². The number of aromatic nitrogens is 3. The Hall–Kier alpha value is -3.91. The smallest absolute Gasteiger partial charge is 0.270 e. The molecule has 1 saturated heterocycles. The van der Waals surface area contributed by atoms with Gasteiger partial charge in [-0.25, -0.2) is 4.68 Å². The molecule has 1 aliphatic heterocycles. The second-order valence-electron chi connectivity index (χ2n) is 8.25. The number of anilines is 1. The Kier molecular flexibility index (Phi) is 5.91. The number of nitrogens with one attached hydrogen (secondary N) is 2. The quantitative estimate of drug-likeness (QED) is 0.481. The van der Waals surface area contributed by atoms with E-state index in [-0.39, 0.29) is 18.4 Å². The summed E-state index contributed by atoms with van der Waals surface area (Å²) in [4.78, 5) is 32.6. The van der Waals surface area contributed by atoms with Crippen molar-refractivity contribution in [3.05, 3.63) is 84.2 Å². The van der Waals surface area contributed by atoms with Gasteiger partial charge in [0.25, 0.3) is 5.91 Å². The minimum atomic E-state index is -0.0831. The third-order valence-electron chi connectivity index (χ3n) is 5.95. The van der Waals surface area contributed by atoms with E-state index >= 15 is 0 Å². The summed E-state index contributed by atoms with van der Waals surface area (Å²) in [5.74, 6) is 0.594. The van der Waals surface area contributed by atoms with Crippen molar-refractivity contribution in [2.75, 3.05) is 38.0 Å². The Morgan fingerprint density at radius 2 is 1.70 bits per heavy atom. The molecule has 2 N–H and O–H groups in total. The van der Waals surface area contributed by atoms with Crippen LogP contribution in [0.15, 0.2) is 72.9 Å². The van der Waals surface area contributed by atoms with Crippen LogP contribution in [-0.2, 0) is 11.3 Å². The highest BCUT2D eigenvalue weighted by Gasteiger charge is 2.24. The second kappa shape index (κ2) is 9.30. The highest BCUT2D eigenvalue weighted by molar-refractivity contribution is 5.98. The minimum Gasteiger partial charge on any atom is -0.351 e. The van der Waals surface area contributed by atoms with Crippen LogP contribution in [0, 0.1) is 0 Å². The van der Waals surface area contributed by atoms with Gasteiger partial charge in [0.15, 0.2) is 0 Å². The molecule has 0 unspecified atom stereocenters. The largest absolute Gasteiger partial charge is 0.351 e. The first-order valence-electron chi connectivity index (χ1n) is 11.1. The normalized spacial score (nSPS) is 14.5. The predicted octanol–water partition coefficient (Wildman–Crippen LogP) is 2.81. The topological polar surface area (TPSA) is 86.3 Å². The first-order chi connectivity index (χ1) is 16.2. The molecule has 0 aliphatic carbocycles. The van der Waals surface area contributed by atoms with Crippen LogP contribution in [0.25, 0.3) is 10.9 Å². The van der Waals surface area contributed by atoms with Crippen molar-refractivity contribution in [2.24, 2.45) is 0 Å². The lowest BCUT2D eigenvalue weighted by molar-refractivity contribution is -0.117. The third kappa shape index (κ3) is 4.80. The average Bonchev–Trinajstić information content (AvgIpc) is 3.46. The summed E-state index contributed by atoms with van der Waals surface area (Å²) in [5, 5.41) is 8.32. The van der Waals surface area contributed by atoms with E-state index < -0.39 is 0 Å². The molecular formula is C25H26N6O2. The van der Waals surface area contributed by atoms with E-state index in [0.717, 1.165) is 16.5 Å². The molecule has 8 nitrogen and oxygen atoms in total. The van der Waals surface area contributed by atoms with Gasteiger partial charge in [0.2, 0.25) is 5.91 Å². The highest BCUT2D eigenvalue weighted by Crippen LogP contribution is 2.17. The highest BCUT2D eigenvalue weighted by atomic mass is 16.2. The van der Waals surface area contributed by atoms with Gasteiger partial charge in [0.1, 0.15) is 11.5 Å². The predicted molar refractivity (Wildman–Crippen MR) is 127 cm³/mol. The van der Waals surface area contributed by atoms with E-state index in [2.05, 4.69) is 20.3 Å². The van der Waals surface area contributed by atoms with Gasteiger partial charge in [-0.3, -0.25) is 14.5 Å². The van der Waals surface area contributed by atoms with Crippen LogP contribution in [0.2, 0.25) is 0 Å². The Morgan fingerprint density at radius 3 is 2.48 bits per heavy atom. The number of hydrogen-bond acceptors (Lipinski definition) is 4. The van der Waals surface area contributed by atoms with E-state index in [4.69, 9.17) is 0 Å². The summed E-state index contributed by atoms with van der Waals surface area (Å²) in [6, 6.07) is 21.6. The van der Waals surface area contributed by atoms with Crippen molar-refractivity contribution < 1.29 is 9.59 Å². The fourth-order valence-electron chi connectivity index (χ4n) is 4.17. The molecule has 2 aromatic carbocycles. The SMILES string of the molecule is O=C(CN1CCN(C(=O)c2cc3ccccc3[nH]2)CC1)Nc1ccnn1Cc1ccccc1. The number of piperazine rings is 1. The van der Waals surface area contributed by atoms with Crippen molar-refractivity contribution in [1.82, 2.24) is 24.6 Å². The van der Waals surface area contributed by atoms with E-state index in [1.54, 1.807) is 16.9 Å². The summed E-state index contributed by atoms with van der Waals surface area (Å²) in [5.41, 5.74) is 2.68. The molecule has 5 rings (SSSR count). The van der Waals surface area contributed by atoms with Gasteiger partial charge < -0.3 is 15.2 Å². The van der Waals surface area contributed by atoms with Crippen LogP contribution in [0.3, 0.4) is 0 Å². The molecule has 8 heteroatoms. The molecule has 0 spiro atoms. The number of benzene rings is 2. The third-order valence-corrected chi connectivity index (χ3v) is 5.95. The van der Waals surface area contributed by atoms with Crippen LogP contribution < -0.4 is 5.32 Å². The Bertz CT molecular complexity index is 1220. The van der Waals surface area contributed by atoms with Crippen molar-refractivity contribution in [3.63, 3.8) is 0 Å². The number of aromatic amines is 1. The molecular weight excluding hydrogens is 416 g/mol. The van der Waals surface area contributed by atoms with Crippen LogP contribution in [0.1, 0.15) is 16.1 Å². The number of carbonyl (C=O) groups is 2. The second-order valence-corrected chi connectivity index (χ2v) is 8.25. The molecule has 2 aromatic heterocycles. The molecule has 4 aromatic rings. The number of fused-ring (bicyclic) bond motifs is 1.